The second kappa shape index (κ2) is 14.4. The average molecular weight is 667 g/mol. The van der Waals surface area contributed by atoms with Gasteiger partial charge in [0.15, 0.2) is 17.5 Å². The van der Waals surface area contributed by atoms with Crippen molar-refractivity contribution in [2.24, 2.45) is 0 Å². The van der Waals surface area contributed by atoms with Crippen molar-refractivity contribution in [3.63, 3.8) is 0 Å². The summed E-state index contributed by atoms with van der Waals surface area (Å²) in [5, 5.41) is 27.3. The maximum atomic E-state index is 16.4. The number of hydrogen-bond donors (Lipinski definition) is 2. The number of phenols is 1. The summed E-state index contributed by atoms with van der Waals surface area (Å²) in [5.74, 6) is 0.729. The van der Waals surface area contributed by atoms with Gasteiger partial charge in [-0.25, -0.2) is 14.5 Å². The van der Waals surface area contributed by atoms with Crippen LogP contribution >= 0.6 is 0 Å². The molecule has 4 aromatic rings. The van der Waals surface area contributed by atoms with Crippen LogP contribution in [0.3, 0.4) is 0 Å². The second-order valence-corrected chi connectivity index (χ2v) is 13.6. The van der Waals surface area contributed by atoms with Crippen molar-refractivity contribution in [1.29, 1.82) is 5.26 Å². The van der Waals surface area contributed by atoms with Crippen molar-refractivity contribution < 1.29 is 14.3 Å². The largest absolute Gasteiger partial charge is 0.508 e. The number of fused-ring (bicyclic) bond motifs is 1. The van der Waals surface area contributed by atoms with E-state index in [-0.39, 0.29) is 30.0 Å². The number of hydrogen-bond acceptors (Lipinski definition) is 10. The maximum absolute atomic E-state index is 16.4. The van der Waals surface area contributed by atoms with E-state index in [9.17, 15) is 9.90 Å². The predicted molar refractivity (Wildman–Crippen MR) is 185 cm³/mol. The monoisotopic (exact) mass is 666 g/mol. The molecule has 3 aromatic heterocycles. The zero-order valence-electron chi connectivity index (χ0n) is 27.9. The lowest BCUT2D eigenvalue weighted by molar-refractivity contribution is -0.131. The molecule has 12 nitrogen and oxygen atoms in total. The van der Waals surface area contributed by atoms with Crippen molar-refractivity contribution in [3.05, 3.63) is 65.7 Å². The van der Waals surface area contributed by atoms with Gasteiger partial charge in [0.2, 0.25) is 11.7 Å². The Morgan fingerprint density at radius 3 is 2.67 bits per heavy atom. The standard InChI is InChI=1S/C36H43FN10O2/c1-43-13-8-26(9-14-43)27-19-25(20-29(48)21-27)23-44-15-17-45(18-16-44)36-33(37)35(40-28-5-4-11-46(24-28)32(49)7-10-38)41-34(42-36)30-22-39-47-12-3-2-6-31(30)47/h2-3,6,12,19-22,26,28,48H,4-5,7-9,11,13-18,23-24H2,1H3,(H,40,41,42)/t28-/m1/s1. The Kier molecular flexibility index (Phi) is 9.59. The number of carbonyl (C=O) groups excluding carboxylic acids is 1. The summed E-state index contributed by atoms with van der Waals surface area (Å²) in [5.41, 5.74) is 3.81. The van der Waals surface area contributed by atoms with Gasteiger partial charge in [-0.2, -0.15) is 14.8 Å². The number of anilines is 2. The van der Waals surface area contributed by atoms with Crippen LogP contribution in [0.1, 0.15) is 49.1 Å². The number of phenolic OH excluding ortho intramolecular Hbond substituents is 1. The predicted octanol–water partition coefficient (Wildman–Crippen LogP) is 4.08. The third-order valence-electron chi connectivity index (χ3n) is 10.1. The van der Waals surface area contributed by atoms with Crippen molar-refractivity contribution in [2.75, 3.05) is 69.6 Å². The number of halogens is 1. The Hall–Kier alpha value is -4.80. The molecule has 2 N–H and O–H groups in total. The van der Waals surface area contributed by atoms with E-state index in [2.05, 4.69) is 38.3 Å². The van der Waals surface area contributed by atoms with Gasteiger partial charge in [-0.3, -0.25) is 9.69 Å². The molecule has 3 fully saturated rings. The molecule has 0 radical (unpaired) electrons. The third kappa shape index (κ3) is 7.30. The summed E-state index contributed by atoms with van der Waals surface area (Å²) < 4.78 is 18.2. The van der Waals surface area contributed by atoms with Crippen molar-refractivity contribution >= 4 is 23.1 Å². The van der Waals surface area contributed by atoms with Crippen molar-refractivity contribution in [3.8, 4) is 23.2 Å². The quantitative estimate of drug-likeness (QED) is 0.284. The zero-order chi connectivity index (χ0) is 33.9. The van der Waals surface area contributed by atoms with E-state index in [1.807, 2.05) is 47.5 Å². The first-order valence-corrected chi connectivity index (χ1v) is 17.2. The van der Waals surface area contributed by atoms with E-state index in [0.717, 1.165) is 49.9 Å². The van der Waals surface area contributed by atoms with Crippen molar-refractivity contribution in [1.82, 2.24) is 34.3 Å². The van der Waals surface area contributed by atoms with E-state index in [0.29, 0.717) is 68.9 Å². The highest BCUT2D eigenvalue weighted by molar-refractivity contribution is 5.79. The Morgan fingerprint density at radius 1 is 1.06 bits per heavy atom. The fourth-order valence-corrected chi connectivity index (χ4v) is 7.41. The smallest absolute Gasteiger partial charge is 0.236 e. The molecule has 1 atom stereocenters. The number of nitrogens with zero attached hydrogens (tertiary/aromatic N) is 9. The first kappa shape index (κ1) is 32.7. The Morgan fingerprint density at radius 2 is 1.88 bits per heavy atom. The van der Waals surface area contributed by atoms with Crippen molar-refractivity contribution in [2.45, 2.75) is 50.6 Å². The molecule has 7 rings (SSSR count). The van der Waals surface area contributed by atoms with Crippen LogP contribution in [-0.2, 0) is 11.3 Å². The number of carbonyl (C=O) groups is 1. The van der Waals surface area contributed by atoms with E-state index >= 15 is 4.39 Å². The van der Waals surface area contributed by atoms with Crippen LogP contribution in [0.25, 0.3) is 16.9 Å². The normalized spacial score (nSPS) is 19.7. The van der Waals surface area contributed by atoms with E-state index in [1.165, 1.54) is 5.56 Å². The molecule has 0 spiro atoms. The molecular weight excluding hydrogens is 623 g/mol. The molecule has 1 aromatic carbocycles. The summed E-state index contributed by atoms with van der Waals surface area (Å²) in [4.78, 5) is 30.3. The molecule has 256 valence electrons. The van der Waals surface area contributed by atoms with Gasteiger partial charge in [-0.05, 0) is 87.1 Å². The lowest BCUT2D eigenvalue weighted by atomic mass is 9.88. The first-order chi connectivity index (χ1) is 23.8. The lowest BCUT2D eigenvalue weighted by Gasteiger charge is -2.36. The minimum absolute atomic E-state index is 0.0958. The van der Waals surface area contributed by atoms with E-state index in [4.69, 9.17) is 10.2 Å². The number of nitriles is 1. The highest BCUT2D eigenvalue weighted by Gasteiger charge is 2.29. The van der Waals surface area contributed by atoms with Crippen LogP contribution in [0.5, 0.6) is 5.75 Å². The second-order valence-electron chi connectivity index (χ2n) is 13.6. The Labute approximate surface area is 285 Å². The van der Waals surface area contributed by atoms with Crippen LogP contribution in [0, 0.1) is 17.1 Å². The highest BCUT2D eigenvalue weighted by Crippen LogP contribution is 2.33. The molecule has 3 aliphatic heterocycles. The summed E-state index contributed by atoms with van der Waals surface area (Å²) in [6.07, 6.45) is 7.05. The molecule has 0 aliphatic carbocycles. The lowest BCUT2D eigenvalue weighted by Crippen LogP contribution is -2.47. The summed E-state index contributed by atoms with van der Waals surface area (Å²) in [6.45, 7) is 6.34. The van der Waals surface area contributed by atoms with Crippen LogP contribution in [-0.4, -0.2) is 111 Å². The number of piperazine rings is 1. The van der Waals surface area contributed by atoms with Crippen LogP contribution < -0.4 is 10.2 Å². The van der Waals surface area contributed by atoms with Gasteiger partial charge in [0, 0.05) is 58.1 Å². The third-order valence-corrected chi connectivity index (χ3v) is 10.1. The van der Waals surface area contributed by atoms with Gasteiger partial charge in [-0.15, -0.1) is 0 Å². The van der Waals surface area contributed by atoms with Crippen LogP contribution in [0.2, 0.25) is 0 Å². The number of aromatic hydroxyl groups is 1. The average Bonchev–Trinajstić information content (AvgIpc) is 3.54. The van der Waals surface area contributed by atoms with E-state index < -0.39 is 5.82 Å². The Bertz CT molecular complexity index is 1840. The first-order valence-electron chi connectivity index (χ1n) is 17.2. The van der Waals surface area contributed by atoms with Gasteiger partial charge in [-0.1, -0.05) is 12.1 Å². The fourth-order valence-electron chi connectivity index (χ4n) is 7.41. The summed E-state index contributed by atoms with van der Waals surface area (Å²) in [7, 11) is 2.15. The molecule has 49 heavy (non-hydrogen) atoms. The number of rotatable bonds is 8. The number of pyridine rings is 1. The van der Waals surface area contributed by atoms with Crippen LogP contribution in [0.15, 0.2) is 48.8 Å². The van der Waals surface area contributed by atoms with E-state index in [1.54, 1.807) is 15.6 Å². The van der Waals surface area contributed by atoms with Gasteiger partial charge >= 0.3 is 0 Å². The molecule has 0 saturated carbocycles. The molecular formula is C36H43FN10O2. The molecule has 1 amide bonds. The number of piperidine rings is 2. The highest BCUT2D eigenvalue weighted by atomic mass is 19.1. The topological polar surface area (TPSA) is 129 Å². The summed E-state index contributed by atoms with van der Waals surface area (Å²) in [6, 6.07) is 13.5. The number of amides is 1. The molecule has 0 unspecified atom stereocenters. The SMILES string of the molecule is CN1CCC(c2cc(O)cc(CN3CCN(c4nc(-c5cnn6ccccc56)nc(N[C@@H]5CCCN(C(=O)CC#N)C5)c4F)CC3)c2)CC1. The minimum Gasteiger partial charge on any atom is -0.508 e. The molecule has 3 saturated heterocycles. The molecule has 6 heterocycles. The number of benzene rings is 1. The Balaban J connectivity index is 1.10. The van der Waals surface area contributed by atoms with Gasteiger partial charge in [0.1, 0.15) is 12.2 Å². The van der Waals surface area contributed by atoms with Crippen LogP contribution in [0.4, 0.5) is 16.0 Å². The molecule has 13 heteroatoms. The molecule has 0 bridgehead atoms. The van der Waals surface area contributed by atoms with Gasteiger partial charge in [0.25, 0.3) is 0 Å². The number of nitrogens with one attached hydrogen (secondary N) is 1. The minimum atomic E-state index is -0.523. The maximum Gasteiger partial charge on any atom is 0.236 e. The summed E-state index contributed by atoms with van der Waals surface area (Å²) >= 11 is 0. The molecule has 3 aliphatic rings. The van der Waals surface area contributed by atoms with Gasteiger partial charge in [0.05, 0.1) is 23.3 Å². The number of aromatic nitrogens is 4. The number of likely N-dealkylation sites (tertiary alicyclic amines) is 2. The fraction of sp³-hybridized carbons (Fsp3) is 0.472. The zero-order valence-corrected chi connectivity index (χ0v) is 27.9. The van der Waals surface area contributed by atoms with Gasteiger partial charge < -0.3 is 25.1 Å².